The van der Waals surface area contributed by atoms with Crippen molar-refractivity contribution in [1.29, 1.82) is 0 Å². The molecular formula is C59H55Br4N5O. The summed E-state index contributed by atoms with van der Waals surface area (Å²) in [5.41, 5.74) is 16.3. The number of fused-ring (bicyclic) bond motifs is 1. The van der Waals surface area contributed by atoms with Gasteiger partial charge in [-0.05, 0) is 188 Å². The third-order valence-corrected chi connectivity index (χ3v) is 14.3. The molecule has 1 aromatic heterocycles. The van der Waals surface area contributed by atoms with Crippen LogP contribution in [-0.4, -0.2) is 22.1 Å². The van der Waals surface area contributed by atoms with Crippen molar-refractivity contribution >= 4 is 109 Å². The summed E-state index contributed by atoms with van der Waals surface area (Å²) < 4.78 is 9.81. The Bertz CT molecular complexity index is 2930. The predicted octanol–water partition coefficient (Wildman–Crippen LogP) is 19.0. The molecule has 350 valence electrons. The van der Waals surface area contributed by atoms with Crippen LogP contribution >= 0.6 is 63.7 Å². The molecule has 0 fully saturated rings. The Morgan fingerprint density at radius 3 is 1.09 bits per heavy atom. The van der Waals surface area contributed by atoms with Gasteiger partial charge in [-0.3, -0.25) is 0 Å². The van der Waals surface area contributed by atoms with E-state index in [1.165, 1.54) is 27.8 Å². The van der Waals surface area contributed by atoms with Gasteiger partial charge < -0.3 is 14.5 Å². The van der Waals surface area contributed by atoms with E-state index in [9.17, 15) is 0 Å². The molecule has 0 bridgehead atoms. The molecule has 0 N–H and O–H groups in total. The second-order valence-electron chi connectivity index (χ2n) is 19.2. The maximum absolute atomic E-state index is 5.86. The van der Waals surface area contributed by atoms with Crippen molar-refractivity contribution in [3.63, 3.8) is 0 Å². The van der Waals surface area contributed by atoms with Crippen molar-refractivity contribution < 1.29 is 4.74 Å². The molecule has 1 heterocycles. The van der Waals surface area contributed by atoms with E-state index < -0.39 is 0 Å². The smallest absolute Gasteiger partial charge is 0.150 e. The van der Waals surface area contributed by atoms with Crippen LogP contribution in [0.4, 0.5) is 34.1 Å². The molecule has 0 saturated carbocycles. The molecule has 0 aliphatic carbocycles. The summed E-state index contributed by atoms with van der Waals surface area (Å²) in [6.07, 6.45) is 0. The van der Waals surface area contributed by atoms with Crippen molar-refractivity contribution in [3.8, 4) is 22.6 Å². The molecule has 0 amide bonds. The molecule has 0 aliphatic rings. The number of benzene rings is 8. The minimum absolute atomic E-state index is 0.00519. The van der Waals surface area contributed by atoms with Gasteiger partial charge in [0.25, 0.3) is 0 Å². The highest BCUT2D eigenvalue weighted by Crippen LogP contribution is 2.42. The van der Waals surface area contributed by atoms with Crippen LogP contribution in [0, 0.1) is 13.8 Å². The number of halogens is 4. The first-order valence-electron chi connectivity index (χ1n) is 22.8. The Kier molecular flexibility index (Phi) is 15.1. The molecular weight excluding hydrogens is 1110 g/mol. The van der Waals surface area contributed by atoms with E-state index in [1.54, 1.807) is 11.9 Å². The molecule has 0 radical (unpaired) electrons. The first-order chi connectivity index (χ1) is 32.9. The second kappa shape index (κ2) is 20.8. The quantitative estimate of drug-likeness (QED) is 0.144. The van der Waals surface area contributed by atoms with E-state index in [0.29, 0.717) is 0 Å². The van der Waals surface area contributed by atoms with Gasteiger partial charge in [0.2, 0.25) is 0 Å². The molecule has 0 spiro atoms. The van der Waals surface area contributed by atoms with Gasteiger partial charge >= 0.3 is 0 Å². The summed E-state index contributed by atoms with van der Waals surface area (Å²) >= 11 is 14.3. The Morgan fingerprint density at radius 2 is 0.768 bits per heavy atom. The Hall–Kier alpha value is -5.52. The van der Waals surface area contributed by atoms with Gasteiger partial charge in [0.1, 0.15) is 22.5 Å². The van der Waals surface area contributed by atoms with Gasteiger partial charge in [0.15, 0.2) is 0 Å². The largest absolute Gasteiger partial charge is 0.494 e. The SMILES string of the molecule is COc1c(-n2nc3c(Br)ccc(Br)c3n2)cc(C(C)(C)C)cc1C(C)(C)C.Cc1ccc(N(c2ccc(Br)cc2)c2ccc(-c3ccc(N(c4ccc(C)cc4)c4ccc(Br)cc4)cc3)cc2)cc1. The molecule has 9 rings (SSSR count). The van der Waals surface area contributed by atoms with Crippen molar-refractivity contribution in [2.45, 2.75) is 66.2 Å². The van der Waals surface area contributed by atoms with E-state index in [0.717, 1.165) is 80.0 Å². The highest BCUT2D eigenvalue weighted by molar-refractivity contribution is 9.11. The molecule has 8 aromatic carbocycles. The Balaban J connectivity index is 0.000000205. The lowest BCUT2D eigenvalue weighted by Gasteiger charge is -2.28. The summed E-state index contributed by atoms with van der Waals surface area (Å²) in [5, 5.41) is 9.49. The Morgan fingerprint density at radius 1 is 0.435 bits per heavy atom. The lowest BCUT2D eigenvalue weighted by Crippen LogP contribution is -2.19. The second-order valence-corrected chi connectivity index (χ2v) is 22.7. The fourth-order valence-electron chi connectivity index (χ4n) is 8.08. The van der Waals surface area contributed by atoms with E-state index in [2.05, 4.69) is 287 Å². The number of aryl methyl sites for hydroxylation is 2. The molecule has 0 saturated heterocycles. The number of nitrogens with zero attached hydrogens (tertiary/aromatic N) is 5. The zero-order chi connectivity index (χ0) is 49.2. The zero-order valence-electron chi connectivity index (χ0n) is 40.3. The van der Waals surface area contributed by atoms with E-state index in [1.807, 2.05) is 12.1 Å². The number of ether oxygens (including phenoxy) is 1. The summed E-state index contributed by atoms with van der Waals surface area (Å²) in [7, 11) is 1.71. The molecule has 0 unspecified atom stereocenters. The monoisotopic (exact) mass is 1170 g/mol. The van der Waals surface area contributed by atoms with Gasteiger partial charge in [-0.2, -0.15) is 0 Å². The van der Waals surface area contributed by atoms with Gasteiger partial charge in [-0.15, -0.1) is 15.0 Å². The molecule has 10 heteroatoms. The average Bonchev–Trinajstić information content (AvgIpc) is 3.80. The minimum Gasteiger partial charge on any atom is -0.494 e. The van der Waals surface area contributed by atoms with Crippen LogP contribution in [0.2, 0.25) is 0 Å². The number of hydrogen-bond donors (Lipinski definition) is 0. The number of anilines is 6. The number of aromatic nitrogens is 3. The third-order valence-electron chi connectivity index (χ3n) is 11.9. The van der Waals surface area contributed by atoms with Crippen LogP contribution < -0.4 is 14.5 Å². The highest BCUT2D eigenvalue weighted by atomic mass is 79.9. The van der Waals surface area contributed by atoms with E-state index in [-0.39, 0.29) is 10.8 Å². The lowest BCUT2D eigenvalue weighted by atomic mass is 9.79. The van der Waals surface area contributed by atoms with Crippen LogP contribution in [0.5, 0.6) is 5.75 Å². The lowest BCUT2D eigenvalue weighted by molar-refractivity contribution is 0.392. The number of hydrogen-bond acceptors (Lipinski definition) is 5. The fourth-order valence-corrected chi connectivity index (χ4v) is 9.40. The third kappa shape index (κ3) is 11.4. The molecule has 9 aromatic rings. The number of rotatable bonds is 9. The molecule has 0 atom stereocenters. The standard InChI is InChI=1S/C38H30Br2N2.C21H25Br2N3O/c1-27-3-15-33(16-4-27)41(37-23-11-31(39)12-24-37)35-19-7-29(8-20-35)30-9-21-36(22-10-30)42(34-17-5-28(2)6-18-34)38-25-13-32(40)14-26-38;1-20(2,3)12-10-13(21(4,5)6)19(27-7)16(11-12)26-24-17-14(22)8-9-15(23)18(17)25-26/h3-26H,1-2H3;8-11H,1-7H3. The van der Waals surface area contributed by atoms with E-state index >= 15 is 0 Å². The summed E-state index contributed by atoms with van der Waals surface area (Å²) in [5.74, 6) is 0.808. The zero-order valence-corrected chi connectivity index (χ0v) is 46.7. The minimum atomic E-state index is -0.0743. The highest BCUT2D eigenvalue weighted by Gasteiger charge is 2.28. The average molecular weight is 1170 g/mol. The van der Waals surface area contributed by atoms with Gasteiger partial charge in [-0.25, -0.2) is 0 Å². The topological polar surface area (TPSA) is 46.4 Å². The van der Waals surface area contributed by atoms with Crippen LogP contribution in [0.25, 0.3) is 27.8 Å². The van der Waals surface area contributed by atoms with Crippen LogP contribution in [0.1, 0.15) is 63.8 Å². The maximum atomic E-state index is 5.86. The van der Waals surface area contributed by atoms with Gasteiger partial charge in [0, 0.05) is 57.6 Å². The van der Waals surface area contributed by atoms with Crippen LogP contribution in [-0.2, 0) is 10.8 Å². The molecule has 0 aliphatic heterocycles. The fraction of sp³-hybridized carbons (Fsp3) is 0.186. The summed E-state index contributed by atoms with van der Waals surface area (Å²) in [6, 6.07) is 60.2. The van der Waals surface area contributed by atoms with Gasteiger partial charge in [-0.1, -0.05) is 139 Å². The first-order valence-corrected chi connectivity index (χ1v) is 25.9. The van der Waals surface area contributed by atoms with Crippen molar-refractivity contribution in [3.05, 3.63) is 210 Å². The maximum Gasteiger partial charge on any atom is 0.150 e. The summed E-state index contributed by atoms with van der Waals surface area (Å²) in [6.45, 7) is 17.5. The van der Waals surface area contributed by atoms with Crippen molar-refractivity contribution in [2.75, 3.05) is 16.9 Å². The van der Waals surface area contributed by atoms with Crippen molar-refractivity contribution in [2.24, 2.45) is 0 Å². The summed E-state index contributed by atoms with van der Waals surface area (Å²) in [4.78, 5) is 6.26. The van der Waals surface area contributed by atoms with Crippen molar-refractivity contribution in [1.82, 2.24) is 15.0 Å². The normalized spacial score (nSPS) is 11.6. The van der Waals surface area contributed by atoms with Crippen LogP contribution in [0.3, 0.4) is 0 Å². The van der Waals surface area contributed by atoms with E-state index in [4.69, 9.17) is 14.9 Å². The Labute approximate surface area is 440 Å². The van der Waals surface area contributed by atoms with Gasteiger partial charge in [0.05, 0.1) is 7.11 Å². The predicted molar refractivity (Wildman–Crippen MR) is 304 cm³/mol. The molecule has 6 nitrogen and oxygen atoms in total. The number of methoxy groups -OCH3 is 1. The molecule has 69 heavy (non-hydrogen) atoms. The first kappa shape index (κ1) is 49.9. The van der Waals surface area contributed by atoms with Crippen LogP contribution in [0.15, 0.2) is 188 Å².